The number of rotatable bonds is 5. The van der Waals surface area contributed by atoms with Crippen molar-refractivity contribution in [2.75, 3.05) is 26.2 Å². The van der Waals surface area contributed by atoms with E-state index >= 15 is 0 Å². The van der Waals surface area contributed by atoms with Crippen molar-refractivity contribution >= 4 is 0 Å². The Bertz CT molecular complexity index is 324. The Morgan fingerprint density at radius 1 is 1.62 bits per heavy atom. The molecule has 1 fully saturated rings. The zero-order valence-corrected chi connectivity index (χ0v) is 10.2. The minimum atomic E-state index is 0.799. The summed E-state index contributed by atoms with van der Waals surface area (Å²) in [5.74, 6) is 1.70. The van der Waals surface area contributed by atoms with Gasteiger partial charge in [0.1, 0.15) is 5.76 Å². The Morgan fingerprint density at radius 2 is 2.50 bits per heavy atom. The van der Waals surface area contributed by atoms with Crippen molar-refractivity contribution in [2.45, 2.75) is 26.8 Å². The summed E-state index contributed by atoms with van der Waals surface area (Å²) in [5, 5.41) is 7.45. The Kier molecular flexibility index (Phi) is 3.96. The first-order chi connectivity index (χ1) is 7.78. The van der Waals surface area contributed by atoms with E-state index in [9.17, 15) is 0 Å². The van der Waals surface area contributed by atoms with E-state index < -0.39 is 0 Å². The van der Waals surface area contributed by atoms with Gasteiger partial charge in [0, 0.05) is 19.2 Å². The minimum Gasteiger partial charge on any atom is -0.361 e. The lowest BCUT2D eigenvalue weighted by Crippen LogP contribution is -2.26. The van der Waals surface area contributed by atoms with Crippen LogP contribution < -0.4 is 5.32 Å². The van der Waals surface area contributed by atoms with Gasteiger partial charge in [0.2, 0.25) is 0 Å². The molecular weight excluding hydrogens is 202 g/mol. The summed E-state index contributed by atoms with van der Waals surface area (Å²) in [6.07, 6.45) is 1.30. The summed E-state index contributed by atoms with van der Waals surface area (Å²) in [6.45, 7) is 9.60. The molecule has 1 aliphatic rings. The third-order valence-corrected chi connectivity index (χ3v) is 3.12. The molecule has 90 valence electrons. The normalized spacial score (nSPS) is 21.8. The standard InChI is InChI=1S/C12H21N3O/c1-3-13-7-11-4-5-15(8-11)9-12-6-10(2)16-14-12/h6,11,13H,3-5,7-9H2,1-2H3. The molecule has 0 bridgehead atoms. The molecule has 1 aromatic rings. The molecule has 1 unspecified atom stereocenters. The van der Waals surface area contributed by atoms with Crippen LogP contribution in [0, 0.1) is 12.8 Å². The fraction of sp³-hybridized carbons (Fsp3) is 0.750. The highest BCUT2D eigenvalue weighted by Gasteiger charge is 2.22. The van der Waals surface area contributed by atoms with Crippen molar-refractivity contribution in [3.8, 4) is 0 Å². The van der Waals surface area contributed by atoms with E-state index in [-0.39, 0.29) is 0 Å². The Hall–Kier alpha value is -0.870. The van der Waals surface area contributed by atoms with E-state index in [0.717, 1.165) is 37.0 Å². The highest BCUT2D eigenvalue weighted by Crippen LogP contribution is 2.17. The summed E-state index contributed by atoms with van der Waals surface area (Å²) >= 11 is 0. The monoisotopic (exact) mass is 223 g/mol. The first-order valence-corrected chi connectivity index (χ1v) is 6.13. The van der Waals surface area contributed by atoms with Gasteiger partial charge in [-0.15, -0.1) is 0 Å². The van der Waals surface area contributed by atoms with Gasteiger partial charge in [0.05, 0.1) is 5.69 Å². The van der Waals surface area contributed by atoms with Crippen molar-refractivity contribution in [1.29, 1.82) is 0 Å². The SMILES string of the molecule is CCNCC1CCN(Cc2cc(C)on2)C1. The molecule has 0 spiro atoms. The van der Waals surface area contributed by atoms with Gasteiger partial charge in [0.25, 0.3) is 0 Å². The highest BCUT2D eigenvalue weighted by atomic mass is 16.5. The highest BCUT2D eigenvalue weighted by molar-refractivity contribution is 5.03. The number of hydrogen-bond donors (Lipinski definition) is 1. The van der Waals surface area contributed by atoms with Crippen LogP contribution in [0.3, 0.4) is 0 Å². The van der Waals surface area contributed by atoms with Crippen LogP contribution in [0.5, 0.6) is 0 Å². The molecule has 2 heterocycles. The maximum atomic E-state index is 5.08. The molecule has 0 aliphatic carbocycles. The smallest absolute Gasteiger partial charge is 0.133 e. The van der Waals surface area contributed by atoms with Crippen LogP contribution >= 0.6 is 0 Å². The Morgan fingerprint density at radius 3 is 3.19 bits per heavy atom. The van der Waals surface area contributed by atoms with Crippen LogP contribution in [0.4, 0.5) is 0 Å². The van der Waals surface area contributed by atoms with Gasteiger partial charge in [-0.1, -0.05) is 12.1 Å². The van der Waals surface area contributed by atoms with Gasteiger partial charge < -0.3 is 9.84 Å². The molecule has 1 atom stereocenters. The predicted molar refractivity (Wildman–Crippen MR) is 63.2 cm³/mol. The average Bonchev–Trinajstić information content (AvgIpc) is 2.86. The zero-order chi connectivity index (χ0) is 11.4. The lowest BCUT2D eigenvalue weighted by Gasteiger charge is -2.14. The molecule has 0 aromatic carbocycles. The summed E-state index contributed by atoms with van der Waals surface area (Å²) < 4.78 is 5.08. The van der Waals surface area contributed by atoms with Gasteiger partial charge >= 0.3 is 0 Å². The summed E-state index contributed by atoms with van der Waals surface area (Å²) in [6, 6.07) is 2.03. The Labute approximate surface area is 97.0 Å². The Balaban J connectivity index is 1.76. The van der Waals surface area contributed by atoms with Gasteiger partial charge in [-0.05, 0) is 38.9 Å². The largest absolute Gasteiger partial charge is 0.361 e. The zero-order valence-electron chi connectivity index (χ0n) is 10.2. The molecule has 1 N–H and O–H groups in total. The fourth-order valence-corrected chi connectivity index (χ4v) is 2.29. The maximum absolute atomic E-state index is 5.08. The predicted octanol–water partition coefficient (Wildman–Crippen LogP) is 1.41. The second-order valence-corrected chi connectivity index (χ2v) is 4.63. The van der Waals surface area contributed by atoms with Gasteiger partial charge in [-0.2, -0.15) is 0 Å². The quantitative estimate of drug-likeness (QED) is 0.819. The van der Waals surface area contributed by atoms with Gasteiger partial charge in [-0.3, -0.25) is 4.90 Å². The number of nitrogens with one attached hydrogen (secondary N) is 1. The molecule has 1 saturated heterocycles. The second kappa shape index (κ2) is 5.46. The van der Waals surface area contributed by atoms with E-state index in [0.29, 0.717) is 0 Å². The number of hydrogen-bond acceptors (Lipinski definition) is 4. The van der Waals surface area contributed by atoms with Crippen molar-refractivity contribution in [3.05, 3.63) is 17.5 Å². The molecule has 1 aliphatic heterocycles. The van der Waals surface area contributed by atoms with Gasteiger partial charge in [-0.25, -0.2) is 0 Å². The number of likely N-dealkylation sites (tertiary alicyclic amines) is 1. The van der Waals surface area contributed by atoms with Crippen LogP contribution in [0.2, 0.25) is 0 Å². The molecule has 4 nitrogen and oxygen atoms in total. The summed E-state index contributed by atoms with van der Waals surface area (Å²) in [4.78, 5) is 2.46. The third-order valence-electron chi connectivity index (χ3n) is 3.12. The van der Waals surface area contributed by atoms with Crippen molar-refractivity contribution in [1.82, 2.24) is 15.4 Å². The number of nitrogens with zero attached hydrogens (tertiary/aromatic N) is 2. The lowest BCUT2D eigenvalue weighted by atomic mass is 10.1. The fourth-order valence-electron chi connectivity index (χ4n) is 2.29. The van der Waals surface area contributed by atoms with Crippen LogP contribution in [-0.4, -0.2) is 36.2 Å². The van der Waals surface area contributed by atoms with Crippen molar-refractivity contribution < 1.29 is 4.52 Å². The summed E-state index contributed by atoms with van der Waals surface area (Å²) in [5.41, 5.74) is 1.06. The number of aromatic nitrogens is 1. The molecular formula is C12H21N3O. The molecule has 0 saturated carbocycles. The van der Waals surface area contributed by atoms with E-state index in [2.05, 4.69) is 22.3 Å². The van der Waals surface area contributed by atoms with E-state index in [1.807, 2.05) is 13.0 Å². The topological polar surface area (TPSA) is 41.3 Å². The average molecular weight is 223 g/mol. The molecule has 0 amide bonds. The molecule has 4 heteroatoms. The molecule has 1 aromatic heterocycles. The third kappa shape index (κ3) is 3.06. The molecule has 16 heavy (non-hydrogen) atoms. The van der Waals surface area contributed by atoms with E-state index in [1.54, 1.807) is 0 Å². The summed E-state index contributed by atoms with van der Waals surface area (Å²) in [7, 11) is 0. The van der Waals surface area contributed by atoms with Crippen LogP contribution in [0.1, 0.15) is 24.8 Å². The van der Waals surface area contributed by atoms with E-state index in [1.165, 1.54) is 19.5 Å². The molecule has 0 radical (unpaired) electrons. The van der Waals surface area contributed by atoms with Crippen molar-refractivity contribution in [2.24, 2.45) is 5.92 Å². The first-order valence-electron chi connectivity index (χ1n) is 6.13. The van der Waals surface area contributed by atoms with Crippen LogP contribution in [-0.2, 0) is 6.54 Å². The second-order valence-electron chi connectivity index (χ2n) is 4.63. The van der Waals surface area contributed by atoms with Gasteiger partial charge in [0.15, 0.2) is 0 Å². The first kappa shape index (κ1) is 11.6. The maximum Gasteiger partial charge on any atom is 0.133 e. The number of aryl methyl sites for hydroxylation is 1. The lowest BCUT2D eigenvalue weighted by molar-refractivity contribution is 0.299. The van der Waals surface area contributed by atoms with E-state index in [4.69, 9.17) is 4.52 Å². The van der Waals surface area contributed by atoms with Crippen molar-refractivity contribution in [3.63, 3.8) is 0 Å². The molecule has 2 rings (SSSR count). The van der Waals surface area contributed by atoms with Crippen LogP contribution in [0.15, 0.2) is 10.6 Å². The minimum absolute atomic E-state index is 0.799. The van der Waals surface area contributed by atoms with Crippen LogP contribution in [0.25, 0.3) is 0 Å².